The second-order valence-corrected chi connectivity index (χ2v) is 11.6. The molecule has 0 spiro atoms. The zero-order chi connectivity index (χ0) is 27.4. The number of piperidine rings is 1. The molecule has 1 saturated carbocycles. The summed E-state index contributed by atoms with van der Waals surface area (Å²) in [6, 6.07) is 5.57. The molecule has 38 heavy (non-hydrogen) atoms. The number of fused-ring (bicyclic) bond motifs is 2. The molecular weight excluding hydrogens is 489 g/mol. The van der Waals surface area contributed by atoms with Gasteiger partial charge in [0.15, 0.2) is 0 Å². The third-order valence-electron chi connectivity index (χ3n) is 7.74. The molecule has 3 fully saturated rings. The highest BCUT2D eigenvalue weighted by atomic mass is 19.1. The number of piperazine rings is 1. The van der Waals surface area contributed by atoms with E-state index in [1.807, 2.05) is 6.07 Å². The van der Waals surface area contributed by atoms with Crippen LogP contribution >= 0.6 is 0 Å². The van der Waals surface area contributed by atoms with Crippen molar-refractivity contribution in [1.82, 2.24) is 15.1 Å². The lowest BCUT2D eigenvalue weighted by atomic mass is 9.97. The van der Waals surface area contributed by atoms with Crippen LogP contribution in [0.25, 0.3) is 0 Å². The van der Waals surface area contributed by atoms with Crippen LogP contribution in [0.5, 0.6) is 0 Å². The van der Waals surface area contributed by atoms with Crippen LogP contribution in [0.3, 0.4) is 0 Å². The standard InChI is InChI=1S/C28H40FN5O4/c1-28(2,3)38-27(36)34-23-8-6-20(16-23)25(34)26(35)31-21(18-30)15-19-5-7-22(17-24(19)29)33-11-9-32(10-12-33)13-14-37-4/h5,7,17,20-21,23,25H,6,8-16H2,1-4H3,(H,31,35). The summed E-state index contributed by atoms with van der Waals surface area (Å²) in [4.78, 5) is 32.2. The number of carbonyl (C=O) groups excluding carboxylic acids is 2. The van der Waals surface area contributed by atoms with Gasteiger partial charge in [-0.1, -0.05) is 6.07 Å². The van der Waals surface area contributed by atoms with E-state index in [4.69, 9.17) is 9.47 Å². The number of benzene rings is 1. The van der Waals surface area contributed by atoms with Gasteiger partial charge in [-0.05, 0) is 63.6 Å². The van der Waals surface area contributed by atoms with Gasteiger partial charge in [0.25, 0.3) is 0 Å². The minimum atomic E-state index is -0.910. The summed E-state index contributed by atoms with van der Waals surface area (Å²) in [6.07, 6.45) is 2.00. The maximum absolute atomic E-state index is 15.1. The third-order valence-corrected chi connectivity index (χ3v) is 7.74. The first-order valence-corrected chi connectivity index (χ1v) is 13.6. The first kappa shape index (κ1) is 28.1. The molecule has 4 rings (SSSR count). The Morgan fingerprint density at radius 2 is 1.95 bits per heavy atom. The van der Waals surface area contributed by atoms with Crippen LogP contribution in [0.4, 0.5) is 14.9 Å². The predicted molar refractivity (Wildman–Crippen MR) is 141 cm³/mol. The zero-order valence-corrected chi connectivity index (χ0v) is 22.9. The molecule has 3 aliphatic rings. The Bertz CT molecular complexity index is 1050. The van der Waals surface area contributed by atoms with E-state index in [1.165, 1.54) is 6.07 Å². The summed E-state index contributed by atoms with van der Waals surface area (Å²) in [5.41, 5.74) is 0.512. The Kier molecular flexibility index (Phi) is 8.78. The molecule has 208 valence electrons. The van der Waals surface area contributed by atoms with Crippen LogP contribution in [0.15, 0.2) is 18.2 Å². The van der Waals surface area contributed by atoms with Crippen molar-refractivity contribution in [2.45, 2.75) is 70.2 Å². The summed E-state index contributed by atoms with van der Waals surface area (Å²) >= 11 is 0. The number of likely N-dealkylation sites (tertiary alicyclic amines) is 1. The van der Waals surface area contributed by atoms with Crippen molar-refractivity contribution in [3.63, 3.8) is 0 Å². The number of anilines is 1. The Balaban J connectivity index is 1.36. The molecular formula is C28H40FN5O4. The lowest BCUT2D eigenvalue weighted by Gasteiger charge is -2.36. The highest BCUT2D eigenvalue weighted by molar-refractivity contribution is 5.87. The predicted octanol–water partition coefficient (Wildman–Crippen LogP) is 2.93. The maximum atomic E-state index is 15.1. The Hall–Kier alpha value is -2.90. The van der Waals surface area contributed by atoms with Crippen molar-refractivity contribution >= 4 is 17.7 Å². The quantitative estimate of drug-likeness (QED) is 0.553. The lowest BCUT2D eigenvalue weighted by Crippen LogP contribution is -2.55. The number of amides is 2. The number of nitriles is 1. The number of nitrogens with one attached hydrogen (secondary N) is 1. The summed E-state index contributed by atoms with van der Waals surface area (Å²) in [5.74, 6) is -0.732. The Morgan fingerprint density at radius 1 is 1.21 bits per heavy atom. The average molecular weight is 530 g/mol. The number of ether oxygens (including phenoxy) is 2. The molecule has 4 unspecified atom stereocenters. The van der Waals surface area contributed by atoms with Crippen LogP contribution in [0, 0.1) is 23.1 Å². The summed E-state index contributed by atoms with van der Waals surface area (Å²) in [7, 11) is 1.69. The molecule has 1 aromatic rings. The van der Waals surface area contributed by atoms with Gasteiger partial charge in [-0.25, -0.2) is 9.18 Å². The molecule has 10 heteroatoms. The minimum Gasteiger partial charge on any atom is -0.444 e. The zero-order valence-electron chi connectivity index (χ0n) is 22.9. The summed E-state index contributed by atoms with van der Waals surface area (Å²) in [6.45, 7) is 10.3. The number of halogens is 1. The smallest absolute Gasteiger partial charge is 0.411 e. The van der Waals surface area contributed by atoms with Gasteiger partial charge >= 0.3 is 6.09 Å². The molecule has 9 nitrogen and oxygen atoms in total. The molecule has 2 amide bonds. The van der Waals surface area contributed by atoms with Crippen LogP contribution < -0.4 is 10.2 Å². The normalized spacial score (nSPS) is 24.3. The highest BCUT2D eigenvalue weighted by Gasteiger charge is 2.52. The van der Waals surface area contributed by atoms with Crippen LogP contribution in [0.1, 0.15) is 45.6 Å². The van der Waals surface area contributed by atoms with Crippen molar-refractivity contribution in [2.75, 3.05) is 51.3 Å². The van der Waals surface area contributed by atoms with E-state index in [0.717, 1.165) is 57.7 Å². The van der Waals surface area contributed by atoms with E-state index in [-0.39, 0.29) is 24.3 Å². The maximum Gasteiger partial charge on any atom is 0.411 e. The van der Waals surface area contributed by atoms with Gasteiger partial charge in [0.2, 0.25) is 5.91 Å². The van der Waals surface area contributed by atoms with Crippen LogP contribution in [-0.4, -0.2) is 92.0 Å². The van der Waals surface area contributed by atoms with Gasteiger partial charge in [0, 0.05) is 58.0 Å². The minimum absolute atomic E-state index is 0.0297. The SMILES string of the molecule is COCCN1CCN(c2ccc(CC(C#N)NC(=O)C3C4CCC(C4)N3C(=O)OC(C)(C)C)c(F)c2)CC1. The van der Waals surface area contributed by atoms with E-state index >= 15 is 4.39 Å². The molecule has 1 aromatic carbocycles. The number of rotatable bonds is 8. The highest BCUT2D eigenvalue weighted by Crippen LogP contribution is 2.43. The number of nitrogens with zero attached hydrogens (tertiary/aromatic N) is 4. The average Bonchev–Trinajstić information content (AvgIpc) is 3.49. The fourth-order valence-corrected chi connectivity index (χ4v) is 5.86. The van der Waals surface area contributed by atoms with E-state index in [2.05, 4.69) is 21.2 Å². The first-order valence-electron chi connectivity index (χ1n) is 13.6. The Morgan fingerprint density at radius 3 is 2.58 bits per heavy atom. The van der Waals surface area contributed by atoms with Crippen molar-refractivity contribution < 1.29 is 23.5 Å². The molecule has 2 heterocycles. The number of hydrogen-bond donors (Lipinski definition) is 1. The van der Waals surface area contributed by atoms with Crippen molar-refractivity contribution in [2.24, 2.45) is 5.92 Å². The molecule has 1 N–H and O–H groups in total. The topological polar surface area (TPSA) is 98.1 Å². The molecule has 1 aliphatic carbocycles. The number of carbonyl (C=O) groups is 2. The van der Waals surface area contributed by atoms with E-state index in [0.29, 0.717) is 12.2 Å². The van der Waals surface area contributed by atoms with E-state index in [9.17, 15) is 14.9 Å². The second-order valence-electron chi connectivity index (χ2n) is 11.6. The van der Waals surface area contributed by atoms with Gasteiger partial charge in [0.1, 0.15) is 23.5 Å². The van der Waals surface area contributed by atoms with Crippen molar-refractivity contribution in [1.29, 1.82) is 5.26 Å². The lowest BCUT2D eigenvalue weighted by molar-refractivity contribution is -0.128. The Labute approximate surface area is 224 Å². The van der Waals surface area contributed by atoms with Crippen LogP contribution in [0.2, 0.25) is 0 Å². The van der Waals surface area contributed by atoms with Gasteiger partial charge in [-0.3, -0.25) is 14.6 Å². The van der Waals surface area contributed by atoms with Gasteiger partial charge in [-0.15, -0.1) is 0 Å². The fourth-order valence-electron chi connectivity index (χ4n) is 5.86. The molecule has 2 bridgehead atoms. The monoisotopic (exact) mass is 529 g/mol. The largest absolute Gasteiger partial charge is 0.444 e. The van der Waals surface area contributed by atoms with E-state index in [1.54, 1.807) is 38.8 Å². The molecule has 0 radical (unpaired) electrons. The number of methoxy groups -OCH3 is 1. The van der Waals surface area contributed by atoms with Crippen molar-refractivity contribution in [3.05, 3.63) is 29.6 Å². The number of hydrogen-bond acceptors (Lipinski definition) is 7. The van der Waals surface area contributed by atoms with Crippen LogP contribution in [-0.2, 0) is 20.7 Å². The van der Waals surface area contributed by atoms with Gasteiger partial charge in [0.05, 0.1) is 12.7 Å². The second kappa shape index (κ2) is 11.9. The molecule has 2 aliphatic heterocycles. The van der Waals surface area contributed by atoms with E-state index < -0.39 is 29.6 Å². The van der Waals surface area contributed by atoms with Crippen molar-refractivity contribution in [3.8, 4) is 6.07 Å². The van der Waals surface area contributed by atoms with Gasteiger partial charge < -0.3 is 19.7 Å². The molecule has 0 aromatic heterocycles. The summed E-state index contributed by atoms with van der Waals surface area (Å²) in [5, 5.41) is 12.5. The molecule has 2 saturated heterocycles. The fraction of sp³-hybridized carbons (Fsp3) is 0.679. The van der Waals surface area contributed by atoms with Gasteiger partial charge in [-0.2, -0.15) is 5.26 Å². The first-order chi connectivity index (χ1) is 18.1. The molecule has 4 atom stereocenters. The third kappa shape index (κ3) is 6.56. The summed E-state index contributed by atoms with van der Waals surface area (Å²) < 4.78 is 25.8.